The van der Waals surface area contributed by atoms with Crippen molar-refractivity contribution in [3.63, 3.8) is 0 Å². The van der Waals surface area contributed by atoms with E-state index in [0.717, 1.165) is 36.3 Å². The maximum Gasteiger partial charge on any atom is 0.430 e. The van der Waals surface area contributed by atoms with Crippen LogP contribution < -0.4 is 0 Å². The fraction of sp³-hybridized carbons (Fsp3) is 0.500. The number of halogens is 6. The molecule has 0 radical (unpaired) electrons. The van der Waals surface area contributed by atoms with Crippen molar-refractivity contribution in [1.82, 2.24) is 9.21 Å². The van der Waals surface area contributed by atoms with Crippen molar-refractivity contribution in [2.24, 2.45) is 5.41 Å². The fourth-order valence-corrected chi connectivity index (χ4v) is 6.12. The first kappa shape index (κ1) is 26.9. The summed E-state index contributed by atoms with van der Waals surface area (Å²) >= 11 is 0. The molecule has 1 N–H and O–H groups in total. The molecular weight excluding hydrogens is 510 g/mol. The van der Waals surface area contributed by atoms with Crippen molar-refractivity contribution in [3.05, 3.63) is 59.2 Å². The zero-order valence-corrected chi connectivity index (χ0v) is 20.4. The molecule has 36 heavy (non-hydrogen) atoms. The van der Waals surface area contributed by atoms with Crippen molar-refractivity contribution in [2.75, 3.05) is 32.4 Å². The molecule has 2 fully saturated rings. The predicted octanol–water partition coefficient (Wildman–Crippen LogP) is 4.31. The zero-order valence-electron chi connectivity index (χ0n) is 19.6. The first-order valence-corrected chi connectivity index (χ1v) is 13.1. The van der Waals surface area contributed by atoms with Gasteiger partial charge in [0.05, 0.1) is 6.26 Å². The summed E-state index contributed by atoms with van der Waals surface area (Å²) in [7, 11) is -3.17. The van der Waals surface area contributed by atoms with Gasteiger partial charge < -0.3 is 5.11 Å². The van der Waals surface area contributed by atoms with Gasteiger partial charge in [-0.25, -0.2) is 12.7 Å². The number of alkyl halides is 6. The third-order valence-electron chi connectivity index (χ3n) is 7.00. The lowest BCUT2D eigenvalue weighted by Gasteiger charge is -2.59. The maximum atomic E-state index is 13.2. The summed E-state index contributed by atoms with van der Waals surface area (Å²) in [5.74, 6) is 0. The van der Waals surface area contributed by atoms with E-state index in [1.807, 2.05) is 19.1 Å². The Labute approximate surface area is 205 Å². The normalized spacial score (nSPS) is 19.2. The molecule has 0 amide bonds. The standard InChI is InChI=1S/C24H26F6N2O3S/c1-3-17-10-16(11-31-12-21(13-31)14-32(15-21)36(2,34)35)4-9-20(17)18-5-7-19(8-6-18)22(33,23(25,26)27)24(28,29)30/h4-10,33H,3,11-15H2,1-2H3. The molecule has 0 aromatic heterocycles. The van der Waals surface area contributed by atoms with Crippen molar-refractivity contribution in [1.29, 1.82) is 0 Å². The number of aliphatic hydroxyl groups is 1. The van der Waals surface area contributed by atoms with Crippen LogP contribution in [-0.4, -0.2) is 67.5 Å². The van der Waals surface area contributed by atoms with E-state index in [2.05, 4.69) is 4.90 Å². The minimum Gasteiger partial charge on any atom is -0.369 e. The Balaban J connectivity index is 1.48. The number of hydrogen-bond donors (Lipinski definition) is 1. The summed E-state index contributed by atoms with van der Waals surface area (Å²) in [6, 6.07) is 9.21. The SMILES string of the molecule is CCc1cc(CN2CC3(C2)CN(S(C)(=O)=O)C3)ccc1-c1ccc(C(O)(C(F)(F)F)C(F)(F)F)cc1. The van der Waals surface area contributed by atoms with Crippen LogP contribution in [0.4, 0.5) is 26.3 Å². The Morgan fingerprint density at radius 2 is 1.47 bits per heavy atom. The summed E-state index contributed by atoms with van der Waals surface area (Å²) in [6.07, 6.45) is -10.1. The number of sulfonamides is 1. The molecule has 12 heteroatoms. The molecular formula is C24H26F6N2O3S. The first-order valence-electron chi connectivity index (χ1n) is 11.3. The Hall–Kier alpha value is -2.15. The second-order valence-electron chi connectivity index (χ2n) is 9.80. The molecule has 2 aliphatic rings. The number of benzene rings is 2. The van der Waals surface area contributed by atoms with Crippen LogP contribution in [0, 0.1) is 5.41 Å². The Bertz CT molecular complexity index is 1210. The molecule has 0 bridgehead atoms. The number of aryl methyl sites for hydroxylation is 1. The van der Waals surface area contributed by atoms with Gasteiger partial charge in [-0.15, -0.1) is 0 Å². The molecule has 4 rings (SSSR count). The Morgan fingerprint density at radius 1 is 0.917 bits per heavy atom. The van der Waals surface area contributed by atoms with Crippen LogP contribution >= 0.6 is 0 Å². The summed E-state index contributed by atoms with van der Waals surface area (Å²) < 4.78 is 104. The maximum absolute atomic E-state index is 13.2. The molecule has 0 aliphatic carbocycles. The summed E-state index contributed by atoms with van der Waals surface area (Å²) in [5.41, 5.74) is -3.24. The summed E-state index contributed by atoms with van der Waals surface area (Å²) in [4.78, 5) is 2.21. The zero-order chi connectivity index (χ0) is 26.7. The van der Waals surface area contributed by atoms with Crippen molar-refractivity contribution >= 4 is 10.0 Å². The molecule has 5 nitrogen and oxygen atoms in total. The van der Waals surface area contributed by atoms with Gasteiger partial charge in [-0.1, -0.05) is 49.4 Å². The van der Waals surface area contributed by atoms with Crippen LogP contribution in [-0.2, 0) is 28.6 Å². The second kappa shape index (κ2) is 8.71. The third kappa shape index (κ3) is 4.64. The summed E-state index contributed by atoms with van der Waals surface area (Å²) in [5, 5.41) is 9.59. The van der Waals surface area contributed by atoms with Gasteiger partial charge in [0.2, 0.25) is 10.0 Å². The van der Waals surface area contributed by atoms with E-state index in [1.165, 1.54) is 10.6 Å². The van der Waals surface area contributed by atoms with E-state index in [0.29, 0.717) is 49.3 Å². The van der Waals surface area contributed by atoms with E-state index in [4.69, 9.17) is 0 Å². The molecule has 2 aromatic carbocycles. The number of hydrogen-bond acceptors (Lipinski definition) is 4. The molecule has 2 heterocycles. The van der Waals surface area contributed by atoms with Gasteiger partial charge in [0, 0.05) is 43.7 Å². The molecule has 1 spiro atoms. The predicted molar refractivity (Wildman–Crippen MR) is 121 cm³/mol. The highest BCUT2D eigenvalue weighted by molar-refractivity contribution is 7.88. The van der Waals surface area contributed by atoms with Gasteiger partial charge in [0.25, 0.3) is 5.60 Å². The van der Waals surface area contributed by atoms with E-state index < -0.39 is 33.5 Å². The molecule has 0 saturated carbocycles. The lowest BCUT2D eigenvalue weighted by atomic mass is 9.74. The van der Waals surface area contributed by atoms with E-state index >= 15 is 0 Å². The highest BCUT2D eigenvalue weighted by atomic mass is 32.2. The van der Waals surface area contributed by atoms with Gasteiger partial charge in [-0.2, -0.15) is 26.3 Å². The lowest BCUT2D eigenvalue weighted by Crippen LogP contribution is -2.72. The van der Waals surface area contributed by atoms with Gasteiger partial charge in [0.1, 0.15) is 0 Å². The number of nitrogens with zero attached hydrogens (tertiary/aromatic N) is 2. The molecule has 0 atom stereocenters. The van der Waals surface area contributed by atoms with E-state index in [9.17, 15) is 39.9 Å². The second-order valence-corrected chi connectivity index (χ2v) is 11.8. The number of rotatable bonds is 6. The van der Waals surface area contributed by atoms with Crippen molar-refractivity contribution < 1.29 is 39.9 Å². The minimum absolute atomic E-state index is 0.00705. The fourth-order valence-electron chi connectivity index (χ4n) is 5.11. The van der Waals surface area contributed by atoms with Gasteiger partial charge in [0.15, 0.2) is 0 Å². The quantitative estimate of drug-likeness (QED) is 0.560. The summed E-state index contributed by atoms with van der Waals surface area (Å²) in [6.45, 7) is 5.16. The van der Waals surface area contributed by atoms with Crippen LogP contribution in [0.25, 0.3) is 11.1 Å². The first-order chi connectivity index (χ1) is 16.5. The van der Waals surface area contributed by atoms with Crippen LogP contribution in [0.15, 0.2) is 42.5 Å². The van der Waals surface area contributed by atoms with Gasteiger partial charge in [-0.05, 0) is 28.7 Å². The molecule has 198 valence electrons. The molecule has 0 unspecified atom stereocenters. The van der Waals surface area contributed by atoms with Crippen LogP contribution in [0.2, 0.25) is 0 Å². The van der Waals surface area contributed by atoms with Gasteiger partial charge in [-0.3, -0.25) is 4.90 Å². The minimum atomic E-state index is -5.93. The molecule has 2 saturated heterocycles. The molecule has 2 aromatic rings. The van der Waals surface area contributed by atoms with Crippen LogP contribution in [0.1, 0.15) is 23.6 Å². The Morgan fingerprint density at radius 3 is 1.94 bits per heavy atom. The monoisotopic (exact) mass is 536 g/mol. The van der Waals surface area contributed by atoms with E-state index in [1.54, 1.807) is 6.07 Å². The third-order valence-corrected chi connectivity index (χ3v) is 8.20. The Kier molecular flexibility index (Phi) is 6.51. The van der Waals surface area contributed by atoms with Crippen molar-refractivity contribution in [3.8, 4) is 11.1 Å². The average Bonchev–Trinajstić information content (AvgIpc) is 2.71. The molecule has 2 aliphatic heterocycles. The van der Waals surface area contributed by atoms with Gasteiger partial charge >= 0.3 is 12.4 Å². The average molecular weight is 537 g/mol. The van der Waals surface area contributed by atoms with Crippen molar-refractivity contribution in [2.45, 2.75) is 37.8 Å². The topological polar surface area (TPSA) is 60.9 Å². The van der Waals surface area contributed by atoms with Crippen LogP contribution in [0.5, 0.6) is 0 Å². The van der Waals surface area contributed by atoms with Crippen LogP contribution in [0.3, 0.4) is 0 Å². The largest absolute Gasteiger partial charge is 0.430 e. The highest BCUT2D eigenvalue weighted by Crippen LogP contribution is 2.50. The highest BCUT2D eigenvalue weighted by Gasteiger charge is 2.71. The lowest BCUT2D eigenvalue weighted by molar-refractivity contribution is -0.376. The van der Waals surface area contributed by atoms with E-state index in [-0.39, 0.29) is 5.41 Å². The number of likely N-dealkylation sites (tertiary alicyclic amines) is 1. The smallest absolute Gasteiger partial charge is 0.369 e.